The van der Waals surface area contributed by atoms with Gasteiger partial charge in [0, 0.05) is 16.9 Å². The molecule has 16 heavy (non-hydrogen) atoms. The van der Waals surface area contributed by atoms with Crippen LogP contribution in [0.2, 0.25) is 0 Å². The molecule has 0 aromatic carbocycles. The van der Waals surface area contributed by atoms with Gasteiger partial charge in [0.2, 0.25) is 0 Å². The fourth-order valence-electron chi connectivity index (χ4n) is 1.19. The Labute approximate surface area is 105 Å². The van der Waals surface area contributed by atoms with Crippen molar-refractivity contribution in [3.8, 4) is 0 Å². The van der Waals surface area contributed by atoms with Crippen LogP contribution in [0.15, 0.2) is 52.2 Å². The topological polar surface area (TPSA) is 42.9 Å². The van der Waals surface area contributed by atoms with Crippen molar-refractivity contribution in [2.24, 2.45) is 0 Å². The van der Waals surface area contributed by atoms with Crippen LogP contribution >= 0.6 is 15.9 Å². The van der Waals surface area contributed by atoms with Crippen molar-refractivity contribution in [1.82, 2.24) is 9.97 Å². The number of pyridine rings is 2. The molecule has 0 aliphatic carbocycles. The lowest BCUT2D eigenvalue weighted by Gasteiger charge is -2.00. The van der Waals surface area contributed by atoms with Crippen LogP contribution in [0.25, 0.3) is 0 Å². The average molecular weight is 297 g/mol. The van der Waals surface area contributed by atoms with Crippen molar-refractivity contribution in [3.05, 3.63) is 52.9 Å². The first-order chi connectivity index (χ1) is 7.75. The van der Waals surface area contributed by atoms with Gasteiger partial charge in [0.15, 0.2) is 0 Å². The van der Waals surface area contributed by atoms with Gasteiger partial charge in [-0.25, -0.2) is 4.98 Å². The summed E-state index contributed by atoms with van der Waals surface area (Å²) in [5, 5.41) is 0.578. The van der Waals surface area contributed by atoms with E-state index in [-0.39, 0.29) is 0 Å². The lowest BCUT2D eigenvalue weighted by molar-refractivity contribution is 0.679. The lowest BCUT2D eigenvalue weighted by Crippen LogP contribution is -2.00. The van der Waals surface area contributed by atoms with Gasteiger partial charge in [0.1, 0.15) is 5.03 Å². The molecule has 2 heterocycles. The molecule has 0 saturated carbocycles. The van der Waals surface area contributed by atoms with Crippen LogP contribution in [0.5, 0.6) is 0 Å². The summed E-state index contributed by atoms with van der Waals surface area (Å²) in [6, 6.07) is 9.16. The zero-order valence-electron chi connectivity index (χ0n) is 8.34. The highest BCUT2D eigenvalue weighted by molar-refractivity contribution is 9.10. The predicted molar refractivity (Wildman–Crippen MR) is 66.3 cm³/mol. The maximum absolute atomic E-state index is 11.9. The zero-order chi connectivity index (χ0) is 11.4. The first-order valence-electron chi connectivity index (χ1n) is 4.65. The molecule has 3 nitrogen and oxygen atoms in total. The summed E-state index contributed by atoms with van der Waals surface area (Å²) in [7, 11) is -1.14. The van der Waals surface area contributed by atoms with E-state index in [0.717, 1.165) is 10.2 Å². The molecule has 0 aliphatic heterocycles. The minimum Gasteiger partial charge on any atom is -0.260 e. The maximum Gasteiger partial charge on any atom is 0.127 e. The SMILES string of the molecule is O=[S@](Cc1ccccn1)c1ccc(Br)cn1. The molecule has 2 aromatic heterocycles. The highest BCUT2D eigenvalue weighted by Gasteiger charge is 2.06. The fourth-order valence-corrected chi connectivity index (χ4v) is 2.40. The molecule has 0 unspecified atom stereocenters. The molecule has 2 rings (SSSR count). The fraction of sp³-hybridized carbons (Fsp3) is 0.0909. The third kappa shape index (κ3) is 2.96. The molecule has 2 aromatic rings. The monoisotopic (exact) mass is 296 g/mol. The van der Waals surface area contributed by atoms with Crippen molar-refractivity contribution in [2.75, 3.05) is 0 Å². The number of nitrogens with zero attached hydrogens (tertiary/aromatic N) is 2. The van der Waals surface area contributed by atoms with Crippen LogP contribution < -0.4 is 0 Å². The normalized spacial score (nSPS) is 12.3. The van der Waals surface area contributed by atoms with Crippen molar-refractivity contribution >= 4 is 26.7 Å². The third-order valence-electron chi connectivity index (χ3n) is 1.94. The van der Waals surface area contributed by atoms with Crippen molar-refractivity contribution in [2.45, 2.75) is 10.8 Å². The van der Waals surface area contributed by atoms with E-state index in [1.54, 1.807) is 18.5 Å². The van der Waals surface area contributed by atoms with E-state index >= 15 is 0 Å². The van der Waals surface area contributed by atoms with E-state index in [4.69, 9.17) is 0 Å². The molecule has 82 valence electrons. The van der Waals surface area contributed by atoms with Gasteiger partial charge >= 0.3 is 0 Å². The summed E-state index contributed by atoms with van der Waals surface area (Å²) in [6.45, 7) is 0. The summed E-state index contributed by atoms with van der Waals surface area (Å²) in [6.07, 6.45) is 3.34. The maximum atomic E-state index is 11.9. The van der Waals surface area contributed by atoms with Gasteiger partial charge in [-0.3, -0.25) is 9.19 Å². The molecule has 0 aliphatic rings. The zero-order valence-corrected chi connectivity index (χ0v) is 10.7. The highest BCUT2D eigenvalue weighted by atomic mass is 79.9. The predicted octanol–water partition coefficient (Wildman–Crippen LogP) is 2.55. The quantitative estimate of drug-likeness (QED) is 0.874. The molecule has 1 atom stereocenters. The first kappa shape index (κ1) is 11.4. The summed E-state index contributed by atoms with van der Waals surface area (Å²) in [4.78, 5) is 8.23. The van der Waals surface area contributed by atoms with E-state index in [9.17, 15) is 4.21 Å². The van der Waals surface area contributed by atoms with Gasteiger partial charge in [-0.15, -0.1) is 0 Å². The second kappa shape index (κ2) is 5.32. The molecule has 5 heteroatoms. The van der Waals surface area contributed by atoms with Crippen molar-refractivity contribution < 1.29 is 4.21 Å². The van der Waals surface area contributed by atoms with Gasteiger partial charge in [0.25, 0.3) is 0 Å². The standard InChI is InChI=1S/C11H9BrN2OS/c12-9-4-5-11(14-7-9)16(15)8-10-3-1-2-6-13-10/h1-7H,8H2/t16-/m1/s1. The third-order valence-corrected chi connectivity index (χ3v) is 3.67. The van der Waals surface area contributed by atoms with Gasteiger partial charge in [-0.1, -0.05) is 6.07 Å². The second-order valence-electron chi connectivity index (χ2n) is 3.13. The van der Waals surface area contributed by atoms with Crippen molar-refractivity contribution in [3.63, 3.8) is 0 Å². The van der Waals surface area contributed by atoms with E-state index in [1.807, 2.05) is 24.3 Å². The molecule has 0 amide bonds. The van der Waals surface area contributed by atoms with Crippen LogP contribution in [0.1, 0.15) is 5.69 Å². The van der Waals surface area contributed by atoms with Gasteiger partial charge < -0.3 is 0 Å². The van der Waals surface area contributed by atoms with Crippen LogP contribution in [-0.2, 0) is 16.6 Å². The molecule has 0 spiro atoms. The first-order valence-corrected chi connectivity index (χ1v) is 6.77. The smallest absolute Gasteiger partial charge is 0.127 e. The van der Waals surface area contributed by atoms with E-state index in [1.165, 1.54) is 0 Å². The van der Waals surface area contributed by atoms with E-state index in [0.29, 0.717) is 10.8 Å². The summed E-state index contributed by atoms with van der Waals surface area (Å²) < 4.78 is 12.8. The van der Waals surface area contributed by atoms with E-state index < -0.39 is 10.8 Å². The Bertz CT molecular complexity index is 487. The summed E-state index contributed by atoms with van der Waals surface area (Å²) in [5.41, 5.74) is 0.811. The Morgan fingerprint density at radius 1 is 1.19 bits per heavy atom. The van der Waals surface area contributed by atoms with Crippen LogP contribution in [0.4, 0.5) is 0 Å². The Balaban J connectivity index is 2.12. The summed E-state index contributed by atoms with van der Waals surface area (Å²) >= 11 is 3.29. The Hall–Kier alpha value is -1.07. The largest absolute Gasteiger partial charge is 0.260 e. The number of halogens is 1. The molecule has 0 saturated heterocycles. The van der Waals surface area contributed by atoms with Crippen LogP contribution in [-0.4, -0.2) is 14.2 Å². The number of rotatable bonds is 3. The Morgan fingerprint density at radius 2 is 2.06 bits per heavy atom. The van der Waals surface area contributed by atoms with Crippen LogP contribution in [0, 0.1) is 0 Å². The Kier molecular flexibility index (Phi) is 3.79. The molecular formula is C11H9BrN2OS. The van der Waals surface area contributed by atoms with Gasteiger partial charge in [0.05, 0.1) is 22.2 Å². The van der Waals surface area contributed by atoms with Gasteiger partial charge in [-0.2, -0.15) is 0 Å². The molecule has 0 radical (unpaired) electrons. The molecule has 0 fully saturated rings. The molecule has 0 N–H and O–H groups in total. The molecular weight excluding hydrogens is 288 g/mol. The van der Waals surface area contributed by atoms with Crippen molar-refractivity contribution in [1.29, 1.82) is 0 Å². The van der Waals surface area contributed by atoms with Crippen LogP contribution in [0.3, 0.4) is 0 Å². The Morgan fingerprint density at radius 3 is 2.69 bits per heavy atom. The number of hydrogen-bond acceptors (Lipinski definition) is 3. The number of aromatic nitrogens is 2. The summed E-state index contributed by atoms with van der Waals surface area (Å²) in [5.74, 6) is 0.398. The minimum atomic E-state index is -1.14. The lowest BCUT2D eigenvalue weighted by atomic mass is 10.4. The molecule has 0 bridgehead atoms. The average Bonchev–Trinajstić information content (AvgIpc) is 2.31. The number of hydrogen-bond donors (Lipinski definition) is 0. The second-order valence-corrected chi connectivity index (χ2v) is 5.44. The highest BCUT2D eigenvalue weighted by Crippen LogP contribution is 2.12. The van der Waals surface area contributed by atoms with Gasteiger partial charge in [-0.05, 0) is 40.2 Å². The van der Waals surface area contributed by atoms with E-state index in [2.05, 4.69) is 25.9 Å². The minimum absolute atomic E-state index is 0.398.